The molecule has 0 spiro atoms. The first kappa shape index (κ1) is 11.8. The maximum atomic E-state index is 5.93. The Bertz CT molecular complexity index is 528. The SMILES string of the molecule is CCCc1nc(N)nc(-c2cccc(Cl)c2)n1. The summed E-state index contributed by atoms with van der Waals surface area (Å²) < 4.78 is 0. The van der Waals surface area contributed by atoms with Crippen LogP contribution in [0.2, 0.25) is 5.02 Å². The third-order valence-electron chi connectivity index (χ3n) is 2.26. The van der Waals surface area contributed by atoms with Crippen molar-refractivity contribution < 1.29 is 0 Å². The van der Waals surface area contributed by atoms with Crippen molar-refractivity contribution in [2.45, 2.75) is 19.8 Å². The van der Waals surface area contributed by atoms with Crippen LogP contribution in [0.1, 0.15) is 19.2 Å². The molecule has 0 aliphatic carbocycles. The third-order valence-corrected chi connectivity index (χ3v) is 2.49. The van der Waals surface area contributed by atoms with Gasteiger partial charge in [0.25, 0.3) is 0 Å². The molecule has 0 radical (unpaired) electrons. The van der Waals surface area contributed by atoms with E-state index in [-0.39, 0.29) is 5.95 Å². The van der Waals surface area contributed by atoms with Crippen molar-refractivity contribution in [3.63, 3.8) is 0 Å². The molecular weight excluding hydrogens is 236 g/mol. The van der Waals surface area contributed by atoms with Gasteiger partial charge in [-0.3, -0.25) is 0 Å². The second-order valence-electron chi connectivity index (χ2n) is 3.69. The first-order valence-corrected chi connectivity index (χ1v) is 5.83. The fourth-order valence-corrected chi connectivity index (χ4v) is 1.72. The monoisotopic (exact) mass is 248 g/mol. The van der Waals surface area contributed by atoms with Gasteiger partial charge >= 0.3 is 0 Å². The van der Waals surface area contributed by atoms with E-state index in [4.69, 9.17) is 17.3 Å². The second kappa shape index (κ2) is 5.10. The molecule has 0 saturated heterocycles. The molecule has 1 aromatic heterocycles. The van der Waals surface area contributed by atoms with Crippen LogP contribution in [0.25, 0.3) is 11.4 Å². The largest absolute Gasteiger partial charge is 0.368 e. The van der Waals surface area contributed by atoms with Gasteiger partial charge in [0.15, 0.2) is 5.82 Å². The zero-order chi connectivity index (χ0) is 12.3. The first-order valence-electron chi connectivity index (χ1n) is 5.45. The van der Waals surface area contributed by atoms with Gasteiger partial charge in [0.05, 0.1) is 0 Å². The van der Waals surface area contributed by atoms with E-state index in [9.17, 15) is 0 Å². The van der Waals surface area contributed by atoms with E-state index in [1.54, 1.807) is 0 Å². The predicted molar refractivity (Wildman–Crippen MR) is 68.7 cm³/mol. The number of nitrogens with two attached hydrogens (primary N) is 1. The Morgan fingerprint density at radius 1 is 1.24 bits per heavy atom. The summed E-state index contributed by atoms with van der Waals surface area (Å²) in [5, 5.41) is 0.651. The van der Waals surface area contributed by atoms with E-state index in [0.717, 1.165) is 24.2 Å². The van der Waals surface area contributed by atoms with Crippen LogP contribution in [-0.2, 0) is 6.42 Å². The summed E-state index contributed by atoms with van der Waals surface area (Å²) in [6.07, 6.45) is 1.76. The van der Waals surface area contributed by atoms with E-state index in [2.05, 4.69) is 21.9 Å². The molecule has 1 heterocycles. The van der Waals surface area contributed by atoms with Crippen LogP contribution in [0.5, 0.6) is 0 Å². The summed E-state index contributed by atoms with van der Waals surface area (Å²) in [4.78, 5) is 12.6. The van der Waals surface area contributed by atoms with Gasteiger partial charge in [0.1, 0.15) is 5.82 Å². The summed E-state index contributed by atoms with van der Waals surface area (Å²) >= 11 is 5.93. The summed E-state index contributed by atoms with van der Waals surface area (Å²) in [6, 6.07) is 7.38. The van der Waals surface area contributed by atoms with Crippen molar-refractivity contribution in [1.82, 2.24) is 15.0 Å². The smallest absolute Gasteiger partial charge is 0.223 e. The molecule has 0 bridgehead atoms. The summed E-state index contributed by atoms with van der Waals surface area (Å²) in [7, 11) is 0. The molecule has 2 rings (SSSR count). The first-order chi connectivity index (χ1) is 8.19. The van der Waals surface area contributed by atoms with Gasteiger partial charge in [-0.25, -0.2) is 4.98 Å². The lowest BCUT2D eigenvalue weighted by atomic mass is 10.2. The lowest BCUT2D eigenvalue weighted by Gasteiger charge is -2.04. The highest BCUT2D eigenvalue weighted by molar-refractivity contribution is 6.30. The van der Waals surface area contributed by atoms with Gasteiger partial charge in [0.2, 0.25) is 5.95 Å². The number of benzene rings is 1. The van der Waals surface area contributed by atoms with Crippen LogP contribution in [0.4, 0.5) is 5.95 Å². The minimum absolute atomic E-state index is 0.249. The Kier molecular flexibility index (Phi) is 3.54. The minimum atomic E-state index is 0.249. The summed E-state index contributed by atoms with van der Waals surface area (Å²) in [6.45, 7) is 2.07. The molecule has 0 unspecified atom stereocenters. The normalized spacial score (nSPS) is 10.5. The fraction of sp³-hybridized carbons (Fsp3) is 0.250. The molecule has 5 heteroatoms. The number of hydrogen-bond acceptors (Lipinski definition) is 4. The van der Waals surface area contributed by atoms with Crippen molar-refractivity contribution >= 4 is 17.5 Å². The lowest BCUT2D eigenvalue weighted by molar-refractivity contribution is 0.825. The molecule has 0 fully saturated rings. The molecule has 0 aliphatic heterocycles. The van der Waals surface area contributed by atoms with Crippen molar-refractivity contribution in [1.29, 1.82) is 0 Å². The van der Waals surface area contributed by atoms with Crippen LogP contribution in [-0.4, -0.2) is 15.0 Å². The minimum Gasteiger partial charge on any atom is -0.368 e. The average molecular weight is 249 g/mol. The van der Waals surface area contributed by atoms with Gasteiger partial charge in [0, 0.05) is 17.0 Å². The Hall–Kier alpha value is -1.68. The van der Waals surface area contributed by atoms with Gasteiger partial charge < -0.3 is 5.73 Å². The van der Waals surface area contributed by atoms with Gasteiger partial charge in [-0.05, 0) is 18.6 Å². The van der Waals surface area contributed by atoms with E-state index in [1.807, 2.05) is 24.3 Å². The number of aromatic nitrogens is 3. The van der Waals surface area contributed by atoms with Crippen LogP contribution >= 0.6 is 11.6 Å². The average Bonchev–Trinajstić information content (AvgIpc) is 2.28. The molecule has 1 aromatic carbocycles. The highest BCUT2D eigenvalue weighted by Gasteiger charge is 2.06. The number of nitrogen functional groups attached to an aromatic ring is 1. The number of nitrogens with zero attached hydrogens (tertiary/aromatic N) is 3. The molecule has 17 heavy (non-hydrogen) atoms. The standard InChI is InChI=1S/C12H13ClN4/c1-2-4-10-15-11(17-12(14)16-10)8-5-3-6-9(13)7-8/h3,5-7H,2,4H2,1H3,(H2,14,15,16,17). The molecule has 88 valence electrons. The predicted octanol–water partition coefficient (Wildman–Crippen LogP) is 2.73. The maximum Gasteiger partial charge on any atom is 0.223 e. The number of aryl methyl sites for hydroxylation is 1. The number of halogens is 1. The van der Waals surface area contributed by atoms with E-state index in [0.29, 0.717) is 10.8 Å². The topological polar surface area (TPSA) is 64.7 Å². The van der Waals surface area contributed by atoms with Gasteiger partial charge in [-0.2, -0.15) is 9.97 Å². The number of rotatable bonds is 3. The highest BCUT2D eigenvalue weighted by Crippen LogP contribution is 2.19. The fourth-order valence-electron chi connectivity index (χ4n) is 1.53. The van der Waals surface area contributed by atoms with Gasteiger partial charge in [-0.1, -0.05) is 30.7 Å². The Labute approximate surface area is 105 Å². The molecule has 0 saturated carbocycles. The Morgan fingerprint density at radius 3 is 2.76 bits per heavy atom. The number of anilines is 1. The number of hydrogen-bond donors (Lipinski definition) is 1. The Balaban J connectivity index is 2.44. The molecule has 0 amide bonds. The van der Waals surface area contributed by atoms with E-state index >= 15 is 0 Å². The molecule has 0 atom stereocenters. The molecule has 4 nitrogen and oxygen atoms in total. The molecule has 0 aliphatic rings. The molecular formula is C12H13ClN4. The second-order valence-corrected chi connectivity index (χ2v) is 4.13. The van der Waals surface area contributed by atoms with Crippen LogP contribution in [0.3, 0.4) is 0 Å². The maximum absolute atomic E-state index is 5.93. The van der Waals surface area contributed by atoms with Crippen LogP contribution in [0.15, 0.2) is 24.3 Å². The third kappa shape index (κ3) is 2.91. The zero-order valence-electron chi connectivity index (χ0n) is 9.52. The van der Waals surface area contributed by atoms with Crippen molar-refractivity contribution in [2.24, 2.45) is 0 Å². The van der Waals surface area contributed by atoms with E-state index in [1.165, 1.54) is 0 Å². The quantitative estimate of drug-likeness (QED) is 0.907. The van der Waals surface area contributed by atoms with Gasteiger partial charge in [-0.15, -0.1) is 0 Å². The van der Waals surface area contributed by atoms with Crippen molar-refractivity contribution in [3.05, 3.63) is 35.1 Å². The summed E-state index contributed by atoms with van der Waals surface area (Å²) in [5.41, 5.74) is 6.52. The molecule has 2 aromatic rings. The zero-order valence-corrected chi connectivity index (χ0v) is 10.3. The van der Waals surface area contributed by atoms with Crippen LogP contribution in [0, 0.1) is 0 Å². The highest BCUT2D eigenvalue weighted by atomic mass is 35.5. The van der Waals surface area contributed by atoms with Crippen molar-refractivity contribution in [3.8, 4) is 11.4 Å². The molecule has 2 N–H and O–H groups in total. The van der Waals surface area contributed by atoms with E-state index < -0.39 is 0 Å². The van der Waals surface area contributed by atoms with Crippen molar-refractivity contribution in [2.75, 3.05) is 5.73 Å². The lowest BCUT2D eigenvalue weighted by Crippen LogP contribution is -2.04. The van der Waals surface area contributed by atoms with Crippen LogP contribution < -0.4 is 5.73 Å². The Morgan fingerprint density at radius 2 is 2.06 bits per heavy atom. The summed E-state index contributed by atoms with van der Waals surface area (Å²) in [5.74, 6) is 1.54.